The third kappa shape index (κ3) is 4.00. The lowest BCUT2D eigenvalue weighted by Gasteiger charge is -2.28. The molecule has 0 aliphatic rings. The first-order valence-electron chi connectivity index (χ1n) is 5.47. The van der Waals surface area contributed by atoms with Crippen molar-refractivity contribution >= 4 is 33.4 Å². The molecule has 0 radical (unpaired) electrons. The molecule has 94 valence electrons. The Bertz CT molecular complexity index is 426. The standard InChI is InChI=1S/C13H17BrClNO/c1-8(13(2,3)4)16-12(17)9-5-6-11(15)10(14)7-9/h5-8H,1-4H3,(H,16,17). The van der Waals surface area contributed by atoms with E-state index in [0.717, 1.165) is 4.47 Å². The van der Waals surface area contributed by atoms with Crippen molar-refractivity contribution in [1.29, 1.82) is 0 Å². The van der Waals surface area contributed by atoms with Gasteiger partial charge in [-0.15, -0.1) is 0 Å². The fourth-order valence-electron chi connectivity index (χ4n) is 1.13. The molecule has 0 saturated carbocycles. The molecule has 17 heavy (non-hydrogen) atoms. The Balaban J connectivity index is 2.80. The van der Waals surface area contributed by atoms with Gasteiger partial charge in [-0.05, 0) is 46.5 Å². The maximum atomic E-state index is 12.0. The highest BCUT2D eigenvalue weighted by Gasteiger charge is 2.22. The molecule has 0 aromatic heterocycles. The molecular weight excluding hydrogens is 302 g/mol. The monoisotopic (exact) mass is 317 g/mol. The van der Waals surface area contributed by atoms with Gasteiger partial charge < -0.3 is 5.32 Å². The number of benzene rings is 1. The van der Waals surface area contributed by atoms with Crippen LogP contribution in [0.25, 0.3) is 0 Å². The van der Waals surface area contributed by atoms with Crippen molar-refractivity contribution in [3.63, 3.8) is 0 Å². The highest BCUT2D eigenvalue weighted by molar-refractivity contribution is 9.10. The highest BCUT2D eigenvalue weighted by atomic mass is 79.9. The van der Waals surface area contributed by atoms with Crippen LogP contribution in [-0.2, 0) is 0 Å². The number of rotatable bonds is 2. The summed E-state index contributed by atoms with van der Waals surface area (Å²) in [6.45, 7) is 8.28. The van der Waals surface area contributed by atoms with E-state index in [-0.39, 0.29) is 17.4 Å². The highest BCUT2D eigenvalue weighted by Crippen LogP contribution is 2.24. The Hall–Kier alpha value is -0.540. The van der Waals surface area contributed by atoms with Crippen molar-refractivity contribution in [3.8, 4) is 0 Å². The number of carbonyl (C=O) groups excluding carboxylic acids is 1. The summed E-state index contributed by atoms with van der Waals surface area (Å²) in [6.07, 6.45) is 0. The maximum Gasteiger partial charge on any atom is 0.251 e. The largest absolute Gasteiger partial charge is 0.349 e. The normalized spacial score (nSPS) is 13.3. The predicted molar refractivity (Wildman–Crippen MR) is 75.5 cm³/mol. The molecule has 2 nitrogen and oxygen atoms in total. The molecule has 1 rings (SSSR count). The van der Waals surface area contributed by atoms with E-state index in [1.54, 1.807) is 18.2 Å². The van der Waals surface area contributed by atoms with Gasteiger partial charge in [0.05, 0.1) is 5.02 Å². The summed E-state index contributed by atoms with van der Waals surface area (Å²) in [7, 11) is 0. The average Bonchev–Trinajstić information content (AvgIpc) is 2.20. The molecular formula is C13H17BrClNO. The summed E-state index contributed by atoms with van der Waals surface area (Å²) >= 11 is 9.19. The third-order valence-corrected chi connectivity index (χ3v) is 4.04. The average molecular weight is 319 g/mol. The van der Waals surface area contributed by atoms with Gasteiger partial charge in [0.2, 0.25) is 0 Å². The van der Waals surface area contributed by atoms with Gasteiger partial charge in [0, 0.05) is 16.1 Å². The van der Waals surface area contributed by atoms with Crippen LogP contribution in [0.15, 0.2) is 22.7 Å². The van der Waals surface area contributed by atoms with E-state index >= 15 is 0 Å². The van der Waals surface area contributed by atoms with Crippen molar-refractivity contribution in [2.45, 2.75) is 33.7 Å². The molecule has 0 saturated heterocycles. The molecule has 1 N–H and O–H groups in total. The Morgan fingerprint density at radius 2 is 2.00 bits per heavy atom. The Kier molecular flexibility index (Phi) is 4.62. The minimum atomic E-state index is -0.0789. The fourth-order valence-corrected chi connectivity index (χ4v) is 1.63. The maximum absolute atomic E-state index is 12.0. The molecule has 1 amide bonds. The Morgan fingerprint density at radius 3 is 2.47 bits per heavy atom. The molecule has 1 unspecified atom stereocenters. The molecule has 0 fully saturated rings. The zero-order chi connectivity index (χ0) is 13.2. The number of carbonyl (C=O) groups is 1. The summed E-state index contributed by atoms with van der Waals surface area (Å²) in [5.41, 5.74) is 0.650. The number of nitrogens with one attached hydrogen (secondary N) is 1. The molecule has 0 aliphatic carbocycles. The lowest BCUT2D eigenvalue weighted by atomic mass is 9.88. The van der Waals surface area contributed by atoms with Crippen molar-refractivity contribution in [3.05, 3.63) is 33.3 Å². The van der Waals surface area contributed by atoms with Crippen molar-refractivity contribution in [2.75, 3.05) is 0 Å². The molecule has 0 spiro atoms. The zero-order valence-corrected chi connectivity index (χ0v) is 12.8. The number of hydrogen-bond donors (Lipinski definition) is 1. The van der Waals surface area contributed by atoms with Crippen LogP contribution >= 0.6 is 27.5 Å². The molecule has 1 aromatic carbocycles. The lowest BCUT2D eigenvalue weighted by Crippen LogP contribution is -2.41. The second-order valence-electron chi connectivity index (χ2n) is 5.19. The van der Waals surface area contributed by atoms with Crippen LogP contribution < -0.4 is 5.32 Å². The quantitative estimate of drug-likeness (QED) is 0.867. The molecule has 0 aliphatic heterocycles. The summed E-state index contributed by atoms with van der Waals surface area (Å²) in [5, 5.41) is 3.58. The topological polar surface area (TPSA) is 29.1 Å². The van der Waals surface area contributed by atoms with E-state index in [2.05, 4.69) is 42.0 Å². The van der Waals surface area contributed by atoms with E-state index in [1.807, 2.05) is 6.92 Å². The van der Waals surface area contributed by atoms with Crippen LogP contribution in [0.1, 0.15) is 38.1 Å². The number of hydrogen-bond acceptors (Lipinski definition) is 1. The first-order valence-corrected chi connectivity index (χ1v) is 6.65. The van der Waals surface area contributed by atoms with Crippen LogP contribution in [0.3, 0.4) is 0 Å². The van der Waals surface area contributed by atoms with Crippen LogP contribution in [0.4, 0.5) is 0 Å². The van der Waals surface area contributed by atoms with Crippen molar-refractivity contribution in [1.82, 2.24) is 5.32 Å². The Labute approximate surface area is 116 Å². The summed E-state index contributed by atoms with van der Waals surface area (Å²) in [6, 6.07) is 5.26. The first kappa shape index (κ1) is 14.5. The van der Waals surface area contributed by atoms with E-state index in [0.29, 0.717) is 10.6 Å². The van der Waals surface area contributed by atoms with Crippen LogP contribution in [0.2, 0.25) is 5.02 Å². The van der Waals surface area contributed by atoms with Gasteiger partial charge in [-0.3, -0.25) is 4.79 Å². The minimum Gasteiger partial charge on any atom is -0.349 e. The van der Waals surface area contributed by atoms with E-state index in [1.165, 1.54) is 0 Å². The van der Waals surface area contributed by atoms with Gasteiger partial charge in [-0.25, -0.2) is 0 Å². The van der Waals surface area contributed by atoms with E-state index < -0.39 is 0 Å². The second-order valence-corrected chi connectivity index (χ2v) is 6.45. The molecule has 0 bridgehead atoms. The second kappa shape index (κ2) is 5.40. The summed E-state index contributed by atoms with van der Waals surface area (Å²) in [5.74, 6) is -0.0789. The summed E-state index contributed by atoms with van der Waals surface area (Å²) < 4.78 is 0.732. The number of halogens is 2. The smallest absolute Gasteiger partial charge is 0.251 e. The number of amides is 1. The molecule has 4 heteroatoms. The van der Waals surface area contributed by atoms with E-state index in [4.69, 9.17) is 11.6 Å². The van der Waals surface area contributed by atoms with Gasteiger partial charge in [0.1, 0.15) is 0 Å². The van der Waals surface area contributed by atoms with Crippen LogP contribution in [0, 0.1) is 5.41 Å². The van der Waals surface area contributed by atoms with Gasteiger partial charge in [0.15, 0.2) is 0 Å². The fraction of sp³-hybridized carbons (Fsp3) is 0.462. The summed E-state index contributed by atoms with van der Waals surface area (Å²) in [4.78, 5) is 12.0. The lowest BCUT2D eigenvalue weighted by molar-refractivity contribution is 0.0910. The van der Waals surface area contributed by atoms with Crippen LogP contribution in [-0.4, -0.2) is 11.9 Å². The third-order valence-electron chi connectivity index (χ3n) is 2.83. The van der Waals surface area contributed by atoms with Crippen molar-refractivity contribution < 1.29 is 4.79 Å². The minimum absolute atomic E-state index is 0.0410. The van der Waals surface area contributed by atoms with Gasteiger partial charge in [-0.2, -0.15) is 0 Å². The van der Waals surface area contributed by atoms with Gasteiger partial charge in [-0.1, -0.05) is 32.4 Å². The SMILES string of the molecule is CC(NC(=O)c1ccc(Cl)c(Br)c1)C(C)(C)C. The van der Waals surface area contributed by atoms with Gasteiger partial charge in [0.25, 0.3) is 5.91 Å². The zero-order valence-electron chi connectivity index (χ0n) is 10.5. The predicted octanol–water partition coefficient (Wildman–Crippen LogP) is 4.27. The van der Waals surface area contributed by atoms with Crippen LogP contribution in [0.5, 0.6) is 0 Å². The molecule has 0 heterocycles. The molecule has 1 atom stereocenters. The van der Waals surface area contributed by atoms with E-state index in [9.17, 15) is 4.79 Å². The Morgan fingerprint density at radius 1 is 1.41 bits per heavy atom. The molecule has 1 aromatic rings. The van der Waals surface area contributed by atoms with Crippen molar-refractivity contribution in [2.24, 2.45) is 5.41 Å². The van der Waals surface area contributed by atoms with Gasteiger partial charge >= 0.3 is 0 Å². The first-order chi connectivity index (χ1) is 7.71.